The van der Waals surface area contributed by atoms with Crippen molar-refractivity contribution in [1.82, 2.24) is 4.98 Å². The number of pyridine rings is 1. The highest BCUT2D eigenvalue weighted by atomic mass is 32.2. The molecule has 1 heterocycles. The van der Waals surface area contributed by atoms with Crippen molar-refractivity contribution in [1.29, 1.82) is 5.26 Å². The Labute approximate surface area is 89.0 Å². The molecule has 6 heteroatoms. The zero-order valence-corrected chi connectivity index (χ0v) is 9.54. The first-order valence-electron chi connectivity index (χ1n) is 4.17. The molecule has 0 N–H and O–H groups in total. The molecule has 0 aliphatic heterocycles. The Kier molecular flexibility index (Phi) is 2.95. The number of sulfonamides is 1. The van der Waals surface area contributed by atoms with Crippen molar-refractivity contribution in [3.8, 4) is 6.07 Å². The van der Waals surface area contributed by atoms with Crippen molar-refractivity contribution >= 4 is 15.7 Å². The maximum absolute atomic E-state index is 11.3. The molecule has 0 atom stereocenters. The summed E-state index contributed by atoms with van der Waals surface area (Å²) in [5.74, 6) is 0. The van der Waals surface area contributed by atoms with Crippen molar-refractivity contribution < 1.29 is 8.42 Å². The van der Waals surface area contributed by atoms with Gasteiger partial charge in [-0.2, -0.15) is 5.26 Å². The summed E-state index contributed by atoms with van der Waals surface area (Å²) in [4.78, 5) is 3.93. The Balaban J connectivity index is 3.37. The van der Waals surface area contributed by atoms with Crippen LogP contribution in [0.5, 0.6) is 0 Å². The van der Waals surface area contributed by atoms with E-state index in [1.54, 1.807) is 13.0 Å². The van der Waals surface area contributed by atoms with Crippen LogP contribution in [0.25, 0.3) is 0 Å². The van der Waals surface area contributed by atoms with Crippen LogP contribution in [0.1, 0.15) is 11.3 Å². The lowest BCUT2D eigenvalue weighted by Gasteiger charge is -2.17. The van der Waals surface area contributed by atoms with Gasteiger partial charge in [0.15, 0.2) is 0 Å². The van der Waals surface area contributed by atoms with E-state index in [-0.39, 0.29) is 5.56 Å². The van der Waals surface area contributed by atoms with Crippen molar-refractivity contribution in [2.75, 3.05) is 17.6 Å². The van der Waals surface area contributed by atoms with E-state index in [1.165, 1.54) is 13.2 Å². The van der Waals surface area contributed by atoms with E-state index in [0.717, 1.165) is 10.6 Å². The minimum Gasteiger partial charge on any atom is -0.272 e. The summed E-state index contributed by atoms with van der Waals surface area (Å²) in [5.41, 5.74) is 1.26. The zero-order chi connectivity index (χ0) is 11.6. The summed E-state index contributed by atoms with van der Waals surface area (Å²) in [6.45, 7) is 1.74. The number of rotatable bonds is 2. The molecule has 0 aliphatic carbocycles. The third-order valence-electron chi connectivity index (χ3n) is 1.98. The molecule has 0 aromatic carbocycles. The van der Waals surface area contributed by atoms with Crippen LogP contribution in [0.4, 0.5) is 5.69 Å². The van der Waals surface area contributed by atoms with Crippen molar-refractivity contribution in [2.24, 2.45) is 0 Å². The lowest BCUT2D eigenvalue weighted by atomic mass is 10.2. The van der Waals surface area contributed by atoms with Crippen LogP contribution >= 0.6 is 0 Å². The molecule has 0 unspecified atom stereocenters. The molecule has 5 nitrogen and oxygen atoms in total. The second-order valence-corrected chi connectivity index (χ2v) is 5.20. The Morgan fingerprint density at radius 1 is 1.53 bits per heavy atom. The molecule has 0 amide bonds. The van der Waals surface area contributed by atoms with Crippen LogP contribution in [0.3, 0.4) is 0 Å². The summed E-state index contributed by atoms with van der Waals surface area (Å²) in [6, 6.07) is 3.48. The average Bonchev–Trinajstić information content (AvgIpc) is 2.15. The van der Waals surface area contributed by atoms with Gasteiger partial charge in [0, 0.05) is 18.9 Å². The molecule has 0 saturated heterocycles. The van der Waals surface area contributed by atoms with Crippen LogP contribution in [0.2, 0.25) is 0 Å². The quantitative estimate of drug-likeness (QED) is 0.741. The highest BCUT2D eigenvalue weighted by Gasteiger charge is 2.16. The van der Waals surface area contributed by atoms with Crippen LogP contribution < -0.4 is 4.31 Å². The highest BCUT2D eigenvalue weighted by molar-refractivity contribution is 7.92. The second kappa shape index (κ2) is 3.87. The van der Waals surface area contributed by atoms with Gasteiger partial charge < -0.3 is 0 Å². The van der Waals surface area contributed by atoms with E-state index >= 15 is 0 Å². The number of aryl methyl sites for hydroxylation is 1. The molecule has 0 saturated carbocycles. The van der Waals surface area contributed by atoms with Crippen molar-refractivity contribution in [3.05, 3.63) is 23.5 Å². The van der Waals surface area contributed by atoms with Gasteiger partial charge in [0.05, 0.1) is 17.5 Å². The van der Waals surface area contributed by atoms with E-state index in [2.05, 4.69) is 4.98 Å². The Morgan fingerprint density at radius 3 is 2.60 bits per heavy atom. The van der Waals surface area contributed by atoms with E-state index in [9.17, 15) is 8.42 Å². The topological polar surface area (TPSA) is 74.1 Å². The summed E-state index contributed by atoms with van der Waals surface area (Å²) in [6.07, 6.45) is 2.45. The minimum absolute atomic E-state index is 0.244. The predicted octanol–water partition coefficient (Wildman–Crippen LogP) is 0.657. The lowest BCUT2D eigenvalue weighted by molar-refractivity contribution is 0.600. The minimum atomic E-state index is -3.35. The number of nitrogens with zero attached hydrogens (tertiary/aromatic N) is 3. The molecular formula is C9H11N3O2S. The average molecular weight is 225 g/mol. The molecule has 15 heavy (non-hydrogen) atoms. The maximum Gasteiger partial charge on any atom is 0.232 e. The molecule has 0 fully saturated rings. The van der Waals surface area contributed by atoms with Crippen LogP contribution in [-0.2, 0) is 10.0 Å². The normalized spacial score (nSPS) is 10.8. The number of hydrogen-bond acceptors (Lipinski definition) is 4. The van der Waals surface area contributed by atoms with E-state index in [1.807, 2.05) is 6.07 Å². The van der Waals surface area contributed by atoms with Gasteiger partial charge in [-0.25, -0.2) is 8.42 Å². The van der Waals surface area contributed by atoms with Gasteiger partial charge in [0.2, 0.25) is 10.0 Å². The smallest absolute Gasteiger partial charge is 0.232 e. The highest BCUT2D eigenvalue weighted by Crippen LogP contribution is 2.20. The summed E-state index contributed by atoms with van der Waals surface area (Å²) in [7, 11) is -1.94. The van der Waals surface area contributed by atoms with Gasteiger partial charge in [0.25, 0.3) is 0 Å². The Hall–Kier alpha value is -1.61. The van der Waals surface area contributed by atoms with Crippen LogP contribution in [-0.4, -0.2) is 26.7 Å². The Morgan fingerprint density at radius 2 is 2.13 bits per heavy atom. The van der Waals surface area contributed by atoms with Crippen LogP contribution in [0, 0.1) is 18.3 Å². The van der Waals surface area contributed by atoms with Gasteiger partial charge in [-0.05, 0) is 13.0 Å². The van der Waals surface area contributed by atoms with Crippen molar-refractivity contribution in [2.45, 2.75) is 6.92 Å². The summed E-state index contributed by atoms with van der Waals surface area (Å²) < 4.78 is 23.7. The molecule has 1 rings (SSSR count). The second-order valence-electron chi connectivity index (χ2n) is 3.19. The molecular weight excluding hydrogens is 214 g/mol. The molecule has 1 aromatic rings. The predicted molar refractivity (Wildman–Crippen MR) is 56.9 cm³/mol. The molecule has 0 radical (unpaired) electrons. The SMILES string of the molecule is Cc1cc(N(C)S(C)(=O)=O)c(C#N)cn1. The molecule has 80 valence electrons. The fourth-order valence-corrected chi connectivity index (χ4v) is 1.58. The third kappa shape index (κ3) is 2.44. The summed E-state index contributed by atoms with van der Waals surface area (Å²) in [5, 5.41) is 8.81. The lowest BCUT2D eigenvalue weighted by Crippen LogP contribution is -2.25. The van der Waals surface area contributed by atoms with Gasteiger partial charge in [-0.1, -0.05) is 0 Å². The Bertz CT molecular complexity index is 517. The van der Waals surface area contributed by atoms with Gasteiger partial charge in [-0.15, -0.1) is 0 Å². The fraction of sp³-hybridized carbons (Fsp3) is 0.333. The number of hydrogen-bond donors (Lipinski definition) is 0. The van der Waals surface area contributed by atoms with Gasteiger partial charge in [0.1, 0.15) is 6.07 Å². The first-order chi connectivity index (χ1) is 6.86. The fourth-order valence-electron chi connectivity index (χ4n) is 1.07. The van der Waals surface area contributed by atoms with Crippen molar-refractivity contribution in [3.63, 3.8) is 0 Å². The van der Waals surface area contributed by atoms with E-state index < -0.39 is 10.0 Å². The first kappa shape index (κ1) is 11.5. The van der Waals surface area contributed by atoms with Crippen LogP contribution in [0.15, 0.2) is 12.3 Å². The van der Waals surface area contributed by atoms with Gasteiger partial charge in [-0.3, -0.25) is 9.29 Å². The van der Waals surface area contributed by atoms with Gasteiger partial charge >= 0.3 is 0 Å². The number of anilines is 1. The monoisotopic (exact) mass is 225 g/mol. The molecule has 0 spiro atoms. The standard InChI is InChI=1S/C9H11N3O2S/c1-7-4-9(8(5-10)6-11-7)12(2)15(3,13)14/h4,6H,1-3H3. The van der Waals surface area contributed by atoms with E-state index in [4.69, 9.17) is 5.26 Å². The molecule has 1 aromatic heterocycles. The first-order valence-corrected chi connectivity index (χ1v) is 6.01. The van der Waals surface area contributed by atoms with E-state index in [0.29, 0.717) is 11.4 Å². The maximum atomic E-state index is 11.3. The number of nitriles is 1. The summed E-state index contributed by atoms with van der Waals surface area (Å²) >= 11 is 0. The number of aromatic nitrogens is 1. The molecule has 0 bridgehead atoms. The largest absolute Gasteiger partial charge is 0.272 e. The molecule has 0 aliphatic rings. The zero-order valence-electron chi connectivity index (χ0n) is 8.72. The third-order valence-corrected chi connectivity index (χ3v) is 3.17.